The van der Waals surface area contributed by atoms with Gasteiger partial charge in [0.25, 0.3) is 0 Å². The quantitative estimate of drug-likeness (QED) is 0.475. The molecule has 2 aliphatic rings. The molecule has 2 heterocycles. The average molecular weight is 257 g/mol. The molecule has 18 heavy (non-hydrogen) atoms. The van der Waals surface area contributed by atoms with Crippen LogP contribution in [0, 0.1) is 0 Å². The summed E-state index contributed by atoms with van der Waals surface area (Å²) in [6.45, 7) is -0.0444. The van der Waals surface area contributed by atoms with Crippen molar-refractivity contribution < 1.29 is 30.0 Å². The minimum absolute atomic E-state index is 0.0685. The van der Waals surface area contributed by atoms with Crippen LogP contribution in [-0.4, -0.2) is 69.0 Å². The van der Waals surface area contributed by atoms with Crippen LogP contribution in [0.1, 0.15) is 0 Å². The maximum Gasteiger partial charge on any atom is 0.337 e. The number of carboxylic acid groups (broad SMARTS) is 1. The van der Waals surface area contributed by atoms with Crippen LogP contribution in [0.4, 0.5) is 0 Å². The van der Waals surface area contributed by atoms with Gasteiger partial charge in [0, 0.05) is 12.7 Å². The van der Waals surface area contributed by atoms with E-state index in [1.165, 1.54) is 17.2 Å². The van der Waals surface area contributed by atoms with Gasteiger partial charge in [-0.1, -0.05) is 6.08 Å². The summed E-state index contributed by atoms with van der Waals surface area (Å²) in [7, 11) is 0. The van der Waals surface area contributed by atoms with Crippen LogP contribution >= 0.6 is 0 Å². The lowest BCUT2D eigenvalue weighted by molar-refractivity contribution is -0.132. The predicted molar refractivity (Wildman–Crippen MR) is 59.3 cm³/mol. The molecule has 4 atom stereocenters. The van der Waals surface area contributed by atoms with Crippen LogP contribution in [0.25, 0.3) is 0 Å². The van der Waals surface area contributed by atoms with E-state index in [0.29, 0.717) is 6.54 Å². The normalized spacial score (nSPS) is 35.7. The van der Waals surface area contributed by atoms with E-state index in [4.69, 9.17) is 14.9 Å². The second kappa shape index (κ2) is 5.07. The van der Waals surface area contributed by atoms with E-state index < -0.39 is 37.1 Å². The SMILES string of the molecule is O=C(O)C1=CN(C2OC(CO)C(O)C2O)CC=C1. The largest absolute Gasteiger partial charge is 0.478 e. The lowest BCUT2D eigenvalue weighted by atomic mass is 10.1. The third-order valence-corrected chi connectivity index (χ3v) is 3.01. The molecule has 0 aliphatic carbocycles. The second-order valence-corrected chi connectivity index (χ2v) is 4.22. The molecule has 1 saturated heterocycles. The van der Waals surface area contributed by atoms with Gasteiger partial charge in [-0.15, -0.1) is 0 Å². The van der Waals surface area contributed by atoms with Crippen LogP contribution in [-0.2, 0) is 9.53 Å². The van der Waals surface area contributed by atoms with Gasteiger partial charge >= 0.3 is 5.97 Å². The molecule has 2 rings (SSSR count). The van der Waals surface area contributed by atoms with E-state index in [2.05, 4.69) is 0 Å². The van der Waals surface area contributed by atoms with Crippen molar-refractivity contribution in [2.45, 2.75) is 24.5 Å². The highest BCUT2D eigenvalue weighted by Crippen LogP contribution is 2.25. The fraction of sp³-hybridized carbons (Fsp3) is 0.545. The first-order chi connectivity index (χ1) is 8.54. The van der Waals surface area contributed by atoms with Crippen molar-refractivity contribution in [3.05, 3.63) is 23.9 Å². The molecule has 0 spiro atoms. The third-order valence-electron chi connectivity index (χ3n) is 3.01. The Morgan fingerprint density at radius 2 is 2.17 bits per heavy atom. The van der Waals surface area contributed by atoms with Crippen LogP contribution in [0.5, 0.6) is 0 Å². The molecule has 0 aromatic heterocycles. The molecule has 2 aliphatic heterocycles. The smallest absolute Gasteiger partial charge is 0.337 e. The Hall–Kier alpha value is -1.41. The minimum Gasteiger partial charge on any atom is -0.478 e. The van der Waals surface area contributed by atoms with Gasteiger partial charge in [0.2, 0.25) is 0 Å². The van der Waals surface area contributed by atoms with Crippen molar-refractivity contribution in [2.75, 3.05) is 13.2 Å². The Kier molecular flexibility index (Phi) is 3.67. The number of carboxylic acids is 1. The molecule has 0 aromatic carbocycles. The number of aliphatic carboxylic acids is 1. The standard InChI is InChI=1S/C11H15NO6/c13-5-7-8(14)9(15)10(18-7)12-3-1-2-6(4-12)11(16)17/h1-2,4,7-10,13-15H,3,5H2,(H,16,17). The molecule has 4 N–H and O–H groups in total. The van der Waals surface area contributed by atoms with E-state index in [1.807, 2.05) is 0 Å². The Balaban J connectivity index is 2.13. The van der Waals surface area contributed by atoms with Crippen molar-refractivity contribution in [3.63, 3.8) is 0 Å². The number of nitrogens with zero attached hydrogens (tertiary/aromatic N) is 1. The van der Waals surface area contributed by atoms with Gasteiger partial charge in [-0.3, -0.25) is 0 Å². The molecular weight excluding hydrogens is 242 g/mol. The lowest BCUT2D eigenvalue weighted by Gasteiger charge is -2.30. The summed E-state index contributed by atoms with van der Waals surface area (Å²) in [6, 6.07) is 0. The number of rotatable bonds is 3. The highest BCUT2D eigenvalue weighted by molar-refractivity contribution is 5.89. The van der Waals surface area contributed by atoms with Crippen LogP contribution in [0.2, 0.25) is 0 Å². The molecule has 100 valence electrons. The number of carbonyl (C=O) groups is 1. The molecule has 4 unspecified atom stereocenters. The van der Waals surface area contributed by atoms with Gasteiger partial charge in [0.15, 0.2) is 6.23 Å². The fourth-order valence-corrected chi connectivity index (χ4v) is 2.03. The maximum atomic E-state index is 10.8. The molecule has 0 bridgehead atoms. The number of hydrogen-bond acceptors (Lipinski definition) is 6. The van der Waals surface area contributed by atoms with Crippen molar-refractivity contribution in [3.8, 4) is 0 Å². The Bertz CT molecular complexity index is 393. The van der Waals surface area contributed by atoms with Gasteiger partial charge in [0.1, 0.15) is 18.3 Å². The molecule has 1 fully saturated rings. The minimum atomic E-state index is -1.19. The summed E-state index contributed by atoms with van der Waals surface area (Å²) in [5.74, 6) is -1.08. The maximum absolute atomic E-state index is 10.8. The van der Waals surface area contributed by atoms with Crippen molar-refractivity contribution in [1.82, 2.24) is 4.90 Å². The predicted octanol–water partition coefficient (Wildman–Crippen LogP) is -1.73. The van der Waals surface area contributed by atoms with Crippen LogP contribution in [0.15, 0.2) is 23.9 Å². The van der Waals surface area contributed by atoms with Crippen molar-refractivity contribution in [1.29, 1.82) is 0 Å². The second-order valence-electron chi connectivity index (χ2n) is 4.22. The zero-order valence-corrected chi connectivity index (χ0v) is 9.51. The number of hydrogen-bond donors (Lipinski definition) is 4. The van der Waals surface area contributed by atoms with Crippen molar-refractivity contribution >= 4 is 5.97 Å². The molecule has 7 nitrogen and oxygen atoms in total. The Morgan fingerprint density at radius 1 is 1.44 bits per heavy atom. The fourth-order valence-electron chi connectivity index (χ4n) is 2.03. The van der Waals surface area contributed by atoms with Gasteiger partial charge < -0.3 is 30.1 Å². The van der Waals surface area contributed by atoms with E-state index in [0.717, 1.165) is 0 Å². The van der Waals surface area contributed by atoms with Gasteiger partial charge in [-0.2, -0.15) is 0 Å². The topological polar surface area (TPSA) is 110 Å². The number of aliphatic hydroxyl groups excluding tert-OH is 3. The molecule has 0 aromatic rings. The van der Waals surface area contributed by atoms with E-state index in [-0.39, 0.29) is 5.57 Å². The Labute approximate surface area is 103 Å². The first-order valence-corrected chi connectivity index (χ1v) is 5.54. The summed E-state index contributed by atoms with van der Waals surface area (Å²) < 4.78 is 5.31. The number of aliphatic hydroxyl groups is 3. The monoisotopic (exact) mass is 257 g/mol. The molecule has 0 saturated carbocycles. The summed E-state index contributed by atoms with van der Waals surface area (Å²) in [5, 5.41) is 37.3. The third kappa shape index (κ3) is 2.25. The highest BCUT2D eigenvalue weighted by atomic mass is 16.6. The Morgan fingerprint density at radius 3 is 2.72 bits per heavy atom. The van der Waals surface area contributed by atoms with E-state index in [1.54, 1.807) is 6.08 Å². The summed E-state index contributed by atoms with van der Waals surface area (Å²) in [5.41, 5.74) is 0.0685. The number of ether oxygens (including phenoxy) is 1. The van der Waals surface area contributed by atoms with E-state index >= 15 is 0 Å². The van der Waals surface area contributed by atoms with E-state index in [9.17, 15) is 15.0 Å². The van der Waals surface area contributed by atoms with Crippen molar-refractivity contribution in [2.24, 2.45) is 0 Å². The van der Waals surface area contributed by atoms with Gasteiger partial charge in [-0.25, -0.2) is 4.79 Å². The summed E-state index contributed by atoms with van der Waals surface area (Å²) >= 11 is 0. The molecule has 0 amide bonds. The van der Waals surface area contributed by atoms with Crippen LogP contribution < -0.4 is 0 Å². The van der Waals surface area contributed by atoms with Crippen LogP contribution in [0.3, 0.4) is 0 Å². The molecule has 0 radical (unpaired) electrons. The highest BCUT2D eigenvalue weighted by Gasteiger charge is 2.44. The zero-order valence-electron chi connectivity index (χ0n) is 9.51. The molecule has 7 heteroatoms. The summed E-state index contributed by atoms with van der Waals surface area (Å²) in [4.78, 5) is 12.3. The van der Waals surface area contributed by atoms with Gasteiger partial charge in [0.05, 0.1) is 12.2 Å². The molecular formula is C11H15NO6. The van der Waals surface area contributed by atoms with Gasteiger partial charge in [-0.05, 0) is 6.08 Å². The summed E-state index contributed by atoms with van der Waals surface area (Å²) in [6.07, 6.45) is 0.322. The average Bonchev–Trinajstić information content (AvgIpc) is 2.66. The first-order valence-electron chi connectivity index (χ1n) is 5.54. The lowest BCUT2D eigenvalue weighted by Crippen LogP contribution is -2.42. The zero-order chi connectivity index (χ0) is 13.3. The first kappa shape index (κ1) is 13.0.